The van der Waals surface area contributed by atoms with E-state index in [0.717, 1.165) is 21.3 Å². The van der Waals surface area contributed by atoms with Crippen LogP contribution in [0.25, 0.3) is 0 Å². The minimum absolute atomic E-state index is 0.221. The van der Waals surface area contributed by atoms with Gasteiger partial charge in [0.25, 0.3) is 5.91 Å². The number of nitrogens with one attached hydrogen (secondary N) is 2. The van der Waals surface area contributed by atoms with Gasteiger partial charge >= 0.3 is 0 Å². The lowest BCUT2D eigenvalue weighted by atomic mass is 10.1. The van der Waals surface area contributed by atoms with Crippen molar-refractivity contribution in [3.63, 3.8) is 0 Å². The van der Waals surface area contributed by atoms with Crippen LogP contribution in [0.4, 0.5) is 5.82 Å². The van der Waals surface area contributed by atoms with Gasteiger partial charge in [0.05, 0.1) is 5.69 Å². The second-order valence-electron chi connectivity index (χ2n) is 5.05. The quantitative estimate of drug-likeness (QED) is 0.779. The Morgan fingerprint density at radius 1 is 1.14 bits per heavy atom. The predicted octanol–water partition coefficient (Wildman–Crippen LogP) is 3.90. The number of rotatable bonds is 2. The van der Waals surface area contributed by atoms with Gasteiger partial charge in [0.1, 0.15) is 5.82 Å². The lowest BCUT2D eigenvalue weighted by molar-refractivity contribution is 0.0977. The summed E-state index contributed by atoms with van der Waals surface area (Å²) < 4.78 is 0.920. The fraction of sp³-hybridized carbons (Fsp3) is 0.188. The molecule has 0 unspecified atom stereocenters. The highest BCUT2D eigenvalue weighted by Gasteiger charge is 2.09. The number of hydrogen-bond acceptors (Lipinski definition) is 3. The number of halogens is 1. The van der Waals surface area contributed by atoms with Crippen molar-refractivity contribution in [2.45, 2.75) is 20.8 Å². The van der Waals surface area contributed by atoms with Crippen LogP contribution < -0.4 is 10.6 Å². The van der Waals surface area contributed by atoms with E-state index >= 15 is 0 Å². The Bertz CT molecular complexity index is 726. The number of carbonyl (C=O) groups excluding carboxylic acids is 1. The van der Waals surface area contributed by atoms with Gasteiger partial charge in [-0.3, -0.25) is 10.1 Å². The van der Waals surface area contributed by atoms with Crippen molar-refractivity contribution in [3.05, 3.63) is 57.2 Å². The monoisotopic (exact) mass is 377 g/mol. The second kappa shape index (κ2) is 6.98. The van der Waals surface area contributed by atoms with Gasteiger partial charge in [-0.25, -0.2) is 4.98 Å². The third-order valence-corrected chi connectivity index (χ3v) is 4.02. The number of nitrogens with zero attached hydrogens (tertiary/aromatic N) is 1. The van der Waals surface area contributed by atoms with Crippen molar-refractivity contribution in [1.29, 1.82) is 0 Å². The van der Waals surface area contributed by atoms with Crippen molar-refractivity contribution in [1.82, 2.24) is 10.3 Å². The van der Waals surface area contributed by atoms with Gasteiger partial charge in [-0.15, -0.1) is 0 Å². The summed E-state index contributed by atoms with van der Waals surface area (Å²) in [6, 6.07) is 9.33. The maximum absolute atomic E-state index is 12.2. The van der Waals surface area contributed by atoms with Gasteiger partial charge in [-0.2, -0.15) is 0 Å². The standard InChI is InChI=1S/C16H16BrN3OS/c1-9-6-10(2)8-12(7-9)15(21)20-16(22)19-14-5-4-13(17)11(3)18-14/h4-8H,1-3H3,(H2,18,19,20,21,22). The largest absolute Gasteiger partial charge is 0.317 e. The predicted molar refractivity (Wildman–Crippen MR) is 96.3 cm³/mol. The van der Waals surface area contributed by atoms with Crippen molar-refractivity contribution >= 4 is 45.0 Å². The van der Waals surface area contributed by atoms with E-state index in [0.29, 0.717) is 11.4 Å². The van der Waals surface area contributed by atoms with E-state index in [4.69, 9.17) is 12.2 Å². The molecule has 1 heterocycles. The van der Waals surface area contributed by atoms with E-state index in [2.05, 4.69) is 31.5 Å². The van der Waals surface area contributed by atoms with Crippen LogP contribution in [0.1, 0.15) is 27.2 Å². The summed E-state index contributed by atoms with van der Waals surface area (Å²) in [5.74, 6) is 0.351. The minimum Gasteiger partial charge on any atom is -0.317 e. The van der Waals surface area contributed by atoms with Crippen LogP contribution in [0.2, 0.25) is 0 Å². The lowest BCUT2D eigenvalue weighted by Crippen LogP contribution is -2.34. The van der Waals surface area contributed by atoms with Crippen molar-refractivity contribution in [2.24, 2.45) is 0 Å². The fourth-order valence-corrected chi connectivity index (χ4v) is 2.46. The molecule has 22 heavy (non-hydrogen) atoms. The van der Waals surface area contributed by atoms with E-state index in [-0.39, 0.29) is 11.0 Å². The van der Waals surface area contributed by atoms with Crippen LogP contribution in [0.15, 0.2) is 34.8 Å². The Hall–Kier alpha value is -1.79. The molecule has 0 radical (unpaired) electrons. The third kappa shape index (κ3) is 4.35. The van der Waals surface area contributed by atoms with E-state index < -0.39 is 0 Å². The summed E-state index contributed by atoms with van der Waals surface area (Å²) in [6.45, 7) is 5.79. The molecular weight excluding hydrogens is 362 g/mol. The number of aryl methyl sites for hydroxylation is 3. The van der Waals surface area contributed by atoms with E-state index in [1.54, 1.807) is 6.07 Å². The van der Waals surface area contributed by atoms with E-state index in [1.165, 1.54) is 0 Å². The number of pyridine rings is 1. The first-order valence-corrected chi connectivity index (χ1v) is 7.89. The molecule has 1 aromatic carbocycles. The maximum atomic E-state index is 12.2. The smallest absolute Gasteiger partial charge is 0.257 e. The number of aromatic nitrogens is 1. The van der Waals surface area contributed by atoms with Crippen molar-refractivity contribution in [3.8, 4) is 0 Å². The summed E-state index contributed by atoms with van der Waals surface area (Å²) >= 11 is 8.55. The molecule has 0 bridgehead atoms. The van der Waals surface area contributed by atoms with Crippen LogP contribution in [0.5, 0.6) is 0 Å². The molecule has 0 aliphatic heterocycles. The zero-order chi connectivity index (χ0) is 16.3. The average Bonchev–Trinajstić information content (AvgIpc) is 2.41. The molecule has 2 N–H and O–H groups in total. The molecule has 0 aliphatic carbocycles. The lowest BCUT2D eigenvalue weighted by Gasteiger charge is -2.10. The first kappa shape index (κ1) is 16.6. The molecule has 0 spiro atoms. The molecule has 4 nitrogen and oxygen atoms in total. The molecule has 0 saturated carbocycles. The van der Waals surface area contributed by atoms with Gasteiger partial charge in [0.2, 0.25) is 0 Å². The molecule has 1 aromatic heterocycles. The number of benzene rings is 1. The van der Waals surface area contributed by atoms with E-state index in [9.17, 15) is 4.79 Å². The van der Waals surface area contributed by atoms with Gasteiger partial charge < -0.3 is 5.32 Å². The molecule has 0 fully saturated rings. The number of thiocarbonyl (C=S) groups is 1. The molecule has 0 saturated heterocycles. The average molecular weight is 378 g/mol. The van der Waals surface area contributed by atoms with Crippen molar-refractivity contribution < 1.29 is 4.79 Å². The summed E-state index contributed by atoms with van der Waals surface area (Å²) in [5, 5.41) is 5.79. The number of amides is 1. The summed E-state index contributed by atoms with van der Waals surface area (Å²) in [6.07, 6.45) is 0. The Labute approximate surface area is 143 Å². The molecule has 6 heteroatoms. The highest BCUT2D eigenvalue weighted by Crippen LogP contribution is 2.16. The Kier molecular flexibility index (Phi) is 5.26. The fourth-order valence-electron chi connectivity index (χ4n) is 2.04. The SMILES string of the molecule is Cc1cc(C)cc(C(=O)NC(=S)Nc2ccc(Br)c(C)n2)c1. The van der Waals surface area contributed by atoms with E-state index in [1.807, 2.05) is 45.0 Å². The summed E-state index contributed by atoms with van der Waals surface area (Å²) in [7, 11) is 0. The zero-order valence-corrected chi connectivity index (χ0v) is 14.9. The normalized spacial score (nSPS) is 10.2. The van der Waals surface area contributed by atoms with Crippen LogP contribution in [-0.4, -0.2) is 16.0 Å². The van der Waals surface area contributed by atoms with Crippen molar-refractivity contribution in [2.75, 3.05) is 5.32 Å². The Morgan fingerprint density at radius 2 is 1.77 bits per heavy atom. The van der Waals surface area contributed by atoms with Gasteiger partial charge in [-0.1, -0.05) is 17.2 Å². The highest BCUT2D eigenvalue weighted by molar-refractivity contribution is 9.10. The van der Waals surface area contributed by atoms with Gasteiger partial charge in [-0.05, 0) is 73.2 Å². The molecule has 2 aromatic rings. The van der Waals surface area contributed by atoms with Crippen LogP contribution in [-0.2, 0) is 0 Å². The van der Waals surface area contributed by atoms with Crippen LogP contribution in [0, 0.1) is 20.8 Å². The maximum Gasteiger partial charge on any atom is 0.257 e. The molecular formula is C16H16BrN3OS. The molecule has 0 aliphatic rings. The number of anilines is 1. The first-order chi connectivity index (χ1) is 10.3. The Balaban J connectivity index is 2.04. The third-order valence-electron chi connectivity index (χ3n) is 2.97. The van der Waals surface area contributed by atoms with Crippen LogP contribution >= 0.6 is 28.1 Å². The topological polar surface area (TPSA) is 54.0 Å². The number of hydrogen-bond donors (Lipinski definition) is 2. The highest BCUT2D eigenvalue weighted by atomic mass is 79.9. The Morgan fingerprint density at radius 3 is 2.36 bits per heavy atom. The molecule has 0 atom stereocenters. The van der Waals surface area contributed by atoms with Gasteiger partial charge in [0, 0.05) is 10.0 Å². The molecule has 1 amide bonds. The van der Waals surface area contributed by atoms with Gasteiger partial charge in [0.15, 0.2) is 5.11 Å². The molecule has 114 valence electrons. The van der Waals surface area contributed by atoms with Crippen LogP contribution in [0.3, 0.4) is 0 Å². The first-order valence-electron chi connectivity index (χ1n) is 6.69. The molecule has 2 rings (SSSR count). The zero-order valence-electron chi connectivity index (χ0n) is 12.5. The summed E-state index contributed by atoms with van der Waals surface area (Å²) in [4.78, 5) is 16.5. The second-order valence-corrected chi connectivity index (χ2v) is 6.31. The minimum atomic E-state index is -0.238. The summed E-state index contributed by atoms with van der Waals surface area (Å²) in [5.41, 5.74) is 3.50. The number of carbonyl (C=O) groups is 1.